The highest BCUT2D eigenvalue weighted by Crippen LogP contribution is 2.13. The average Bonchev–Trinajstić information content (AvgIpc) is 2.18. The molecule has 0 aliphatic carbocycles. The summed E-state index contributed by atoms with van der Waals surface area (Å²) in [4.78, 5) is 7.10. The van der Waals surface area contributed by atoms with Crippen molar-refractivity contribution >= 4 is 11.9 Å². The summed E-state index contributed by atoms with van der Waals surface area (Å²) in [5.74, 6) is 0.643. The van der Waals surface area contributed by atoms with Crippen LogP contribution in [0.1, 0.15) is 0 Å². The summed E-state index contributed by atoms with van der Waals surface area (Å²) in [6, 6.07) is 3.72. The Balaban J connectivity index is 2.36. The average molecular weight is 213 g/mol. The molecule has 1 aromatic rings. The molecule has 0 unspecified atom stereocenters. The van der Waals surface area contributed by atoms with E-state index in [4.69, 9.17) is 9.88 Å². The molecule has 0 radical (unpaired) electrons. The highest BCUT2D eigenvalue weighted by Gasteiger charge is 1.96. The van der Waals surface area contributed by atoms with Gasteiger partial charge in [0.2, 0.25) is 5.88 Å². The third-order valence-electron chi connectivity index (χ3n) is 1.63. The fourth-order valence-corrected chi connectivity index (χ4v) is 1.11. The number of hydrogen-bond donors (Lipinski definition) is 1. The summed E-state index contributed by atoms with van der Waals surface area (Å²) in [6.07, 6.45) is 1.70. The zero-order chi connectivity index (χ0) is 10.4. The largest absolute Gasteiger partial charge is 0.476 e. The lowest BCUT2D eigenvalue weighted by molar-refractivity contribution is 0.253. The Morgan fingerprint density at radius 1 is 1.50 bits per heavy atom. The Bertz CT molecular complexity index is 263. The molecule has 2 N–H and O–H groups in total. The Morgan fingerprint density at radius 3 is 2.79 bits per heavy atom. The molecule has 0 saturated carbocycles. The van der Waals surface area contributed by atoms with E-state index in [1.54, 1.807) is 6.20 Å². The van der Waals surface area contributed by atoms with Crippen molar-refractivity contribution < 1.29 is 4.74 Å². The van der Waals surface area contributed by atoms with Gasteiger partial charge in [0.25, 0.3) is 0 Å². The molecule has 0 bridgehead atoms. The summed E-state index contributed by atoms with van der Waals surface area (Å²) in [5.41, 5.74) is 0. The van der Waals surface area contributed by atoms with Crippen molar-refractivity contribution in [3.8, 4) is 5.88 Å². The Hall–Kier alpha value is -0.780. The van der Waals surface area contributed by atoms with Gasteiger partial charge in [-0.2, -0.15) is 0 Å². The van der Waals surface area contributed by atoms with Gasteiger partial charge in [-0.1, -0.05) is 0 Å². The molecule has 0 spiro atoms. The van der Waals surface area contributed by atoms with E-state index in [2.05, 4.69) is 9.88 Å². The van der Waals surface area contributed by atoms with Gasteiger partial charge in [-0.15, -0.1) is 0 Å². The molecule has 5 heteroatoms. The zero-order valence-electron chi connectivity index (χ0n) is 8.43. The Kier molecular flexibility index (Phi) is 4.72. The number of nitrogens with two attached hydrogens (primary N) is 1. The molecule has 0 atom stereocenters. The van der Waals surface area contributed by atoms with Crippen molar-refractivity contribution in [2.75, 3.05) is 27.2 Å². The van der Waals surface area contributed by atoms with Gasteiger partial charge in [0, 0.05) is 23.7 Å². The van der Waals surface area contributed by atoms with Gasteiger partial charge in [-0.25, -0.2) is 4.98 Å². The highest BCUT2D eigenvalue weighted by atomic mass is 32.2. The molecule has 4 nitrogen and oxygen atoms in total. The van der Waals surface area contributed by atoms with E-state index in [-0.39, 0.29) is 0 Å². The number of pyridine rings is 1. The van der Waals surface area contributed by atoms with Crippen molar-refractivity contribution in [2.45, 2.75) is 4.90 Å². The minimum Gasteiger partial charge on any atom is -0.476 e. The predicted octanol–water partition coefficient (Wildman–Crippen LogP) is 0.988. The molecule has 0 aliphatic heterocycles. The summed E-state index contributed by atoms with van der Waals surface area (Å²) in [7, 11) is 4.01. The number of hydrogen-bond acceptors (Lipinski definition) is 5. The molecule has 14 heavy (non-hydrogen) atoms. The third-order valence-corrected chi connectivity index (χ3v) is 2.15. The van der Waals surface area contributed by atoms with Gasteiger partial charge >= 0.3 is 0 Å². The number of aromatic nitrogens is 1. The van der Waals surface area contributed by atoms with Crippen LogP contribution in [0.15, 0.2) is 23.2 Å². The van der Waals surface area contributed by atoms with Gasteiger partial charge in [-0.05, 0) is 32.1 Å². The topological polar surface area (TPSA) is 51.4 Å². The molecule has 0 aliphatic rings. The van der Waals surface area contributed by atoms with Crippen LogP contribution >= 0.6 is 11.9 Å². The smallest absolute Gasteiger partial charge is 0.213 e. The maximum atomic E-state index is 5.41. The molecular weight excluding hydrogens is 198 g/mol. The van der Waals surface area contributed by atoms with Gasteiger partial charge in [0.05, 0.1) is 0 Å². The lowest BCUT2D eigenvalue weighted by atomic mass is 10.5. The Labute approximate surface area is 88.6 Å². The van der Waals surface area contributed by atoms with Gasteiger partial charge in [0.15, 0.2) is 0 Å². The van der Waals surface area contributed by atoms with Gasteiger partial charge < -0.3 is 9.64 Å². The van der Waals surface area contributed by atoms with E-state index in [0.29, 0.717) is 12.5 Å². The summed E-state index contributed by atoms with van der Waals surface area (Å²) >= 11 is 1.18. The number of rotatable bonds is 5. The van der Waals surface area contributed by atoms with E-state index < -0.39 is 0 Å². The molecule has 0 saturated heterocycles. The lowest BCUT2D eigenvalue weighted by Crippen LogP contribution is -2.19. The van der Waals surface area contributed by atoms with E-state index in [0.717, 1.165) is 11.4 Å². The first-order chi connectivity index (χ1) is 6.72. The van der Waals surface area contributed by atoms with E-state index in [9.17, 15) is 0 Å². The summed E-state index contributed by atoms with van der Waals surface area (Å²) in [6.45, 7) is 1.53. The molecule has 0 aromatic carbocycles. The number of nitrogens with zero attached hydrogens (tertiary/aromatic N) is 2. The number of ether oxygens (including phenoxy) is 1. The van der Waals surface area contributed by atoms with Crippen LogP contribution in [0.25, 0.3) is 0 Å². The van der Waals surface area contributed by atoms with Crippen LogP contribution in [0.3, 0.4) is 0 Å². The van der Waals surface area contributed by atoms with Crippen molar-refractivity contribution in [3.05, 3.63) is 18.3 Å². The second kappa shape index (κ2) is 5.85. The zero-order valence-corrected chi connectivity index (χ0v) is 9.25. The van der Waals surface area contributed by atoms with Crippen molar-refractivity contribution in [3.63, 3.8) is 0 Å². The maximum absolute atomic E-state index is 5.41. The lowest BCUT2D eigenvalue weighted by Gasteiger charge is -2.10. The first kappa shape index (κ1) is 11.3. The molecule has 1 heterocycles. The summed E-state index contributed by atoms with van der Waals surface area (Å²) in [5, 5.41) is 5.37. The van der Waals surface area contributed by atoms with Gasteiger partial charge in [-0.3, -0.25) is 5.14 Å². The molecular formula is C9H15N3OS. The highest BCUT2D eigenvalue weighted by molar-refractivity contribution is 7.97. The van der Waals surface area contributed by atoms with Crippen LogP contribution in [0.5, 0.6) is 5.88 Å². The van der Waals surface area contributed by atoms with Crippen LogP contribution in [0.2, 0.25) is 0 Å². The number of likely N-dealkylation sites (N-methyl/N-ethyl adjacent to an activating group) is 1. The molecule has 0 amide bonds. The quantitative estimate of drug-likeness (QED) is 0.739. The fraction of sp³-hybridized carbons (Fsp3) is 0.444. The Morgan fingerprint density at radius 2 is 2.29 bits per heavy atom. The van der Waals surface area contributed by atoms with Crippen LogP contribution in [0, 0.1) is 0 Å². The van der Waals surface area contributed by atoms with Crippen LogP contribution in [-0.4, -0.2) is 37.1 Å². The van der Waals surface area contributed by atoms with Gasteiger partial charge in [0.1, 0.15) is 6.61 Å². The monoisotopic (exact) mass is 213 g/mol. The van der Waals surface area contributed by atoms with Crippen molar-refractivity contribution in [1.29, 1.82) is 0 Å². The standard InChI is InChI=1S/C9H15N3OS/c1-12(2)5-6-13-9-4-3-8(14-10)7-11-9/h3-4,7H,5-6,10H2,1-2H3. The predicted molar refractivity (Wildman–Crippen MR) is 58.3 cm³/mol. The molecule has 78 valence electrons. The van der Waals surface area contributed by atoms with E-state index >= 15 is 0 Å². The normalized spacial score (nSPS) is 10.6. The van der Waals surface area contributed by atoms with Crippen molar-refractivity contribution in [1.82, 2.24) is 9.88 Å². The minimum atomic E-state index is 0.643. The minimum absolute atomic E-state index is 0.643. The molecule has 0 fully saturated rings. The molecule has 1 aromatic heterocycles. The SMILES string of the molecule is CN(C)CCOc1ccc(SN)cn1. The van der Waals surface area contributed by atoms with Crippen LogP contribution in [0.4, 0.5) is 0 Å². The molecule has 1 rings (SSSR count). The van der Waals surface area contributed by atoms with Crippen molar-refractivity contribution in [2.24, 2.45) is 5.14 Å². The first-order valence-electron chi connectivity index (χ1n) is 4.32. The summed E-state index contributed by atoms with van der Waals surface area (Å²) < 4.78 is 5.41. The second-order valence-corrected chi connectivity index (χ2v) is 3.81. The van der Waals surface area contributed by atoms with E-state index in [1.165, 1.54) is 11.9 Å². The second-order valence-electron chi connectivity index (χ2n) is 3.10. The fourth-order valence-electron chi connectivity index (χ4n) is 0.855. The van der Waals surface area contributed by atoms with Crippen LogP contribution < -0.4 is 9.88 Å². The van der Waals surface area contributed by atoms with E-state index in [1.807, 2.05) is 26.2 Å². The maximum Gasteiger partial charge on any atom is 0.213 e. The van der Waals surface area contributed by atoms with Crippen LogP contribution in [-0.2, 0) is 0 Å². The first-order valence-corrected chi connectivity index (χ1v) is 5.20. The third kappa shape index (κ3) is 3.95.